The number of halogens is 1. The summed E-state index contributed by atoms with van der Waals surface area (Å²) in [6.45, 7) is 2.10. The van der Waals surface area contributed by atoms with Crippen LogP contribution in [0.25, 0.3) is 11.3 Å². The highest BCUT2D eigenvalue weighted by Crippen LogP contribution is 2.38. The van der Waals surface area contributed by atoms with Crippen LogP contribution in [0.15, 0.2) is 101 Å². The van der Waals surface area contributed by atoms with Crippen LogP contribution in [-0.4, -0.2) is 5.71 Å². The van der Waals surface area contributed by atoms with Crippen molar-refractivity contribution in [2.75, 3.05) is 5.01 Å². The van der Waals surface area contributed by atoms with E-state index >= 15 is 0 Å². The molecule has 30 heavy (non-hydrogen) atoms. The van der Waals surface area contributed by atoms with E-state index in [0.717, 1.165) is 40.5 Å². The lowest BCUT2D eigenvalue weighted by molar-refractivity contribution is 0.475. The summed E-state index contributed by atoms with van der Waals surface area (Å²) >= 11 is 6.03. The zero-order chi connectivity index (χ0) is 20.5. The maximum atomic E-state index is 6.29. The third-order valence-corrected chi connectivity index (χ3v) is 5.65. The summed E-state index contributed by atoms with van der Waals surface area (Å²) in [6.07, 6.45) is 0.783. The Morgan fingerprint density at radius 1 is 0.833 bits per heavy atom. The molecule has 1 atom stereocenters. The van der Waals surface area contributed by atoms with Crippen molar-refractivity contribution in [1.82, 2.24) is 0 Å². The van der Waals surface area contributed by atoms with Crippen LogP contribution in [0.2, 0.25) is 5.02 Å². The van der Waals surface area contributed by atoms with E-state index < -0.39 is 0 Å². The fourth-order valence-corrected chi connectivity index (χ4v) is 3.90. The maximum Gasteiger partial charge on any atom is 0.134 e. The first-order valence-corrected chi connectivity index (χ1v) is 10.4. The molecule has 1 unspecified atom stereocenters. The molecule has 0 saturated heterocycles. The number of aryl methyl sites for hydroxylation is 1. The highest BCUT2D eigenvalue weighted by molar-refractivity contribution is 6.30. The second-order valence-electron chi connectivity index (χ2n) is 7.52. The summed E-state index contributed by atoms with van der Waals surface area (Å²) in [5, 5.41) is 7.77. The number of hydrogen-bond acceptors (Lipinski definition) is 3. The molecule has 148 valence electrons. The molecule has 1 aliphatic heterocycles. The zero-order valence-electron chi connectivity index (χ0n) is 16.6. The third-order valence-electron chi connectivity index (χ3n) is 5.40. The van der Waals surface area contributed by atoms with Crippen LogP contribution in [0.4, 0.5) is 5.69 Å². The lowest BCUT2D eigenvalue weighted by Gasteiger charge is -2.21. The van der Waals surface area contributed by atoms with Crippen molar-refractivity contribution in [3.8, 4) is 11.3 Å². The first-order chi connectivity index (χ1) is 14.7. The Kier molecular flexibility index (Phi) is 4.89. The van der Waals surface area contributed by atoms with E-state index in [0.29, 0.717) is 5.02 Å². The Hall–Kier alpha value is -3.30. The zero-order valence-corrected chi connectivity index (χ0v) is 17.4. The normalized spacial score (nSPS) is 16.0. The molecule has 3 nitrogen and oxygen atoms in total. The Balaban J connectivity index is 1.50. The quantitative estimate of drug-likeness (QED) is 0.352. The summed E-state index contributed by atoms with van der Waals surface area (Å²) in [6, 6.07) is 30.6. The average molecular weight is 413 g/mol. The van der Waals surface area contributed by atoms with E-state index in [-0.39, 0.29) is 6.04 Å². The smallest absolute Gasteiger partial charge is 0.134 e. The fraction of sp³-hybridized carbons (Fsp3) is 0.115. The van der Waals surface area contributed by atoms with Gasteiger partial charge in [0.1, 0.15) is 17.6 Å². The van der Waals surface area contributed by atoms with Gasteiger partial charge in [0.2, 0.25) is 0 Å². The number of hydrazone groups is 1. The van der Waals surface area contributed by atoms with Gasteiger partial charge in [-0.15, -0.1) is 0 Å². The van der Waals surface area contributed by atoms with Gasteiger partial charge >= 0.3 is 0 Å². The SMILES string of the molecule is Cc1ccc(C2=NN(c3ccccc3)C(c3ccc(-c4ccc(Cl)cc4)o3)C2)cc1. The van der Waals surface area contributed by atoms with Crippen molar-refractivity contribution < 1.29 is 4.42 Å². The van der Waals surface area contributed by atoms with E-state index in [2.05, 4.69) is 54.4 Å². The van der Waals surface area contributed by atoms with Crippen LogP contribution < -0.4 is 5.01 Å². The second kappa shape index (κ2) is 7.85. The number of benzene rings is 3. The summed E-state index contributed by atoms with van der Waals surface area (Å²) in [5.41, 5.74) is 5.51. The van der Waals surface area contributed by atoms with Gasteiger partial charge < -0.3 is 4.42 Å². The van der Waals surface area contributed by atoms with Crippen molar-refractivity contribution in [2.45, 2.75) is 19.4 Å². The van der Waals surface area contributed by atoms with E-state index in [4.69, 9.17) is 21.1 Å². The Morgan fingerprint density at radius 3 is 2.27 bits per heavy atom. The van der Waals surface area contributed by atoms with Crippen LogP contribution in [0.5, 0.6) is 0 Å². The monoisotopic (exact) mass is 412 g/mol. The summed E-state index contributed by atoms with van der Waals surface area (Å²) < 4.78 is 6.29. The molecule has 1 aliphatic rings. The minimum absolute atomic E-state index is 0.00440. The molecule has 0 N–H and O–H groups in total. The lowest BCUT2D eigenvalue weighted by atomic mass is 10.0. The van der Waals surface area contributed by atoms with Crippen molar-refractivity contribution >= 4 is 23.0 Å². The van der Waals surface area contributed by atoms with E-state index in [1.165, 1.54) is 5.56 Å². The van der Waals surface area contributed by atoms with Crippen molar-refractivity contribution in [1.29, 1.82) is 0 Å². The lowest BCUT2D eigenvalue weighted by Crippen LogP contribution is -2.17. The highest BCUT2D eigenvalue weighted by atomic mass is 35.5. The topological polar surface area (TPSA) is 28.7 Å². The minimum Gasteiger partial charge on any atom is -0.459 e. The van der Waals surface area contributed by atoms with Crippen molar-refractivity contribution in [3.63, 3.8) is 0 Å². The molecule has 5 rings (SSSR count). The second-order valence-corrected chi connectivity index (χ2v) is 7.96. The van der Waals surface area contributed by atoms with Crippen molar-refractivity contribution in [3.05, 3.63) is 113 Å². The van der Waals surface area contributed by atoms with Gasteiger partial charge in [0.25, 0.3) is 0 Å². The van der Waals surface area contributed by atoms with Gasteiger partial charge in [-0.1, -0.05) is 59.6 Å². The number of para-hydroxylation sites is 1. The maximum absolute atomic E-state index is 6.29. The predicted octanol–water partition coefficient (Wildman–Crippen LogP) is 7.26. The van der Waals surface area contributed by atoms with E-state index in [9.17, 15) is 0 Å². The van der Waals surface area contributed by atoms with E-state index in [1.54, 1.807) is 0 Å². The Morgan fingerprint density at radius 2 is 1.53 bits per heavy atom. The molecule has 0 spiro atoms. The average Bonchev–Trinajstić information content (AvgIpc) is 3.43. The molecule has 3 aromatic carbocycles. The van der Waals surface area contributed by atoms with Gasteiger partial charge in [-0.3, -0.25) is 5.01 Å². The summed E-state index contributed by atoms with van der Waals surface area (Å²) in [7, 11) is 0. The van der Waals surface area contributed by atoms with Crippen LogP contribution in [0.3, 0.4) is 0 Å². The molecule has 2 heterocycles. The largest absolute Gasteiger partial charge is 0.459 e. The van der Waals surface area contributed by atoms with Gasteiger partial charge in [0.05, 0.1) is 11.4 Å². The fourth-order valence-electron chi connectivity index (χ4n) is 3.77. The molecule has 0 aliphatic carbocycles. The standard InChI is InChI=1S/C26H21ClN2O/c1-18-7-9-19(10-8-18)23-17-24(29(28-23)22-5-3-2-4-6-22)26-16-15-25(30-26)20-11-13-21(27)14-12-20/h2-16,24H,17H2,1H3. The summed E-state index contributed by atoms with van der Waals surface area (Å²) in [4.78, 5) is 0. The van der Waals surface area contributed by atoms with Crippen LogP contribution in [0, 0.1) is 6.92 Å². The van der Waals surface area contributed by atoms with Crippen molar-refractivity contribution in [2.24, 2.45) is 5.10 Å². The van der Waals surface area contributed by atoms with E-state index in [1.807, 2.05) is 48.5 Å². The van der Waals surface area contributed by atoms with Gasteiger partial charge in [0, 0.05) is 17.0 Å². The molecular weight excluding hydrogens is 392 g/mol. The minimum atomic E-state index is 0.00440. The van der Waals surface area contributed by atoms with Crippen LogP contribution >= 0.6 is 11.6 Å². The molecule has 0 bridgehead atoms. The Labute approximate surface area is 181 Å². The van der Waals surface area contributed by atoms with Crippen LogP contribution in [-0.2, 0) is 0 Å². The molecule has 0 saturated carbocycles. The Bertz CT molecular complexity index is 1180. The van der Waals surface area contributed by atoms with Gasteiger partial charge in [0.15, 0.2) is 0 Å². The molecular formula is C26H21ClN2O. The van der Waals surface area contributed by atoms with Gasteiger partial charge in [-0.2, -0.15) is 5.10 Å². The van der Waals surface area contributed by atoms with Crippen LogP contribution in [0.1, 0.15) is 29.3 Å². The number of anilines is 1. The number of rotatable bonds is 4. The predicted molar refractivity (Wildman–Crippen MR) is 123 cm³/mol. The third kappa shape index (κ3) is 3.64. The first-order valence-electron chi connectivity index (χ1n) is 10.0. The van der Waals surface area contributed by atoms with Gasteiger partial charge in [-0.25, -0.2) is 0 Å². The number of hydrogen-bond donors (Lipinski definition) is 0. The molecule has 4 aromatic rings. The molecule has 0 fully saturated rings. The molecule has 4 heteroatoms. The first kappa shape index (κ1) is 18.7. The molecule has 1 aromatic heterocycles. The van der Waals surface area contributed by atoms with Gasteiger partial charge in [-0.05, 0) is 61.0 Å². The molecule has 0 radical (unpaired) electrons. The highest BCUT2D eigenvalue weighted by Gasteiger charge is 2.32. The number of furan rings is 1. The summed E-state index contributed by atoms with van der Waals surface area (Å²) in [5.74, 6) is 1.73. The number of nitrogens with zero attached hydrogens (tertiary/aromatic N) is 2. The molecule has 0 amide bonds.